The largest absolute Gasteiger partial charge is 0.481 e. The van der Waals surface area contributed by atoms with Gasteiger partial charge >= 0.3 is 12.0 Å². The third-order valence-electron chi connectivity index (χ3n) is 3.82. The summed E-state index contributed by atoms with van der Waals surface area (Å²) in [5.41, 5.74) is -0.562. The molecule has 2 amide bonds. The van der Waals surface area contributed by atoms with Crippen LogP contribution in [0.15, 0.2) is 0 Å². The summed E-state index contributed by atoms with van der Waals surface area (Å²) in [5.74, 6) is -0.860. The number of unbranched alkanes of at least 4 members (excludes halogenated alkanes) is 1. The number of ether oxygens (including phenoxy) is 1. The van der Waals surface area contributed by atoms with Crippen molar-refractivity contribution in [3.8, 4) is 0 Å². The van der Waals surface area contributed by atoms with Crippen LogP contribution in [0.5, 0.6) is 0 Å². The van der Waals surface area contributed by atoms with Crippen LogP contribution >= 0.6 is 0 Å². The van der Waals surface area contributed by atoms with Gasteiger partial charge in [-0.15, -0.1) is 0 Å². The smallest absolute Gasteiger partial charge is 0.315 e. The molecule has 122 valence electrons. The first kappa shape index (κ1) is 17.8. The third kappa shape index (κ3) is 7.32. The summed E-state index contributed by atoms with van der Waals surface area (Å²) in [5, 5.41) is 14.6. The van der Waals surface area contributed by atoms with Gasteiger partial charge in [-0.1, -0.05) is 26.2 Å². The number of carbonyl (C=O) groups is 2. The molecule has 0 atom stereocenters. The summed E-state index contributed by atoms with van der Waals surface area (Å²) in [6.07, 6.45) is 6.37. The monoisotopic (exact) mass is 300 g/mol. The number of hydrogen-bond donors (Lipinski definition) is 3. The molecule has 6 nitrogen and oxygen atoms in total. The second-order valence-electron chi connectivity index (χ2n) is 5.76. The first-order chi connectivity index (χ1) is 10.1. The number of urea groups is 1. The van der Waals surface area contributed by atoms with Gasteiger partial charge in [0, 0.05) is 19.8 Å². The Morgan fingerprint density at radius 3 is 2.48 bits per heavy atom. The summed E-state index contributed by atoms with van der Waals surface area (Å²) in [6.45, 7) is 4.07. The van der Waals surface area contributed by atoms with Gasteiger partial charge in [0.25, 0.3) is 0 Å². The molecule has 0 unspecified atom stereocenters. The van der Waals surface area contributed by atoms with Gasteiger partial charge in [-0.2, -0.15) is 0 Å². The predicted molar refractivity (Wildman–Crippen MR) is 80.3 cm³/mol. The number of amides is 2. The van der Waals surface area contributed by atoms with E-state index >= 15 is 0 Å². The van der Waals surface area contributed by atoms with Crippen molar-refractivity contribution in [1.82, 2.24) is 10.6 Å². The molecule has 1 fully saturated rings. The fourth-order valence-electron chi connectivity index (χ4n) is 2.70. The SMILES string of the molecule is CCCCOCCCNC(=O)NC1(CC(=O)O)CCCC1. The lowest BCUT2D eigenvalue weighted by atomic mass is 9.93. The standard InChI is InChI=1S/C15H28N2O4/c1-2-3-10-21-11-6-9-16-14(20)17-15(12-13(18)19)7-4-5-8-15/h2-12H2,1H3,(H,18,19)(H2,16,17,20). The molecule has 3 N–H and O–H groups in total. The van der Waals surface area contributed by atoms with E-state index in [1.807, 2.05) is 0 Å². The molecule has 0 spiro atoms. The highest BCUT2D eigenvalue weighted by atomic mass is 16.5. The zero-order valence-electron chi connectivity index (χ0n) is 13.0. The van der Waals surface area contributed by atoms with E-state index in [0.717, 1.165) is 51.6 Å². The highest BCUT2D eigenvalue weighted by Crippen LogP contribution is 2.32. The van der Waals surface area contributed by atoms with E-state index in [4.69, 9.17) is 9.84 Å². The Morgan fingerprint density at radius 2 is 1.86 bits per heavy atom. The average Bonchev–Trinajstić information content (AvgIpc) is 2.84. The van der Waals surface area contributed by atoms with Crippen molar-refractivity contribution >= 4 is 12.0 Å². The lowest BCUT2D eigenvalue weighted by molar-refractivity contribution is -0.138. The molecule has 0 saturated heterocycles. The Hall–Kier alpha value is -1.30. The quantitative estimate of drug-likeness (QED) is 0.540. The van der Waals surface area contributed by atoms with E-state index in [1.54, 1.807) is 0 Å². The van der Waals surface area contributed by atoms with E-state index < -0.39 is 11.5 Å². The van der Waals surface area contributed by atoms with Crippen LogP contribution in [-0.4, -0.2) is 42.4 Å². The zero-order valence-corrected chi connectivity index (χ0v) is 13.0. The minimum Gasteiger partial charge on any atom is -0.481 e. The second-order valence-corrected chi connectivity index (χ2v) is 5.76. The van der Waals surface area contributed by atoms with Gasteiger partial charge in [-0.05, 0) is 25.7 Å². The Kier molecular flexibility index (Phi) is 8.12. The molecule has 0 heterocycles. The molecule has 0 radical (unpaired) electrons. The third-order valence-corrected chi connectivity index (χ3v) is 3.82. The van der Waals surface area contributed by atoms with Gasteiger partial charge in [-0.25, -0.2) is 4.79 Å². The Morgan fingerprint density at radius 1 is 1.19 bits per heavy atom. The molecular weight excluding hydrogens is 272 g/mol. The molecule has 1 rings (SSSR count). The molecular formula is C15H28N2O4. The summed E-state index contributed by atoms with van der Waals surface area (Å²) in [6, 6.07) is -0.272. The molecule has 1 aliphatic rings. The molecule has 0 aromatic rings. The van der Waals surface area contributed by atoms with Crippen LogP contribution < -0.4 is 10.6 Å². The molecule has 21 heavy (non-hydrogen) atoms. The minimum absolute atomic E-state index is 0.000545. The van der Waals surface area contributed by atoms with E-state index in [0.29, 0.717) is 13.2 Å². The van der Waals surface area contributed by atoms with Gasteiger partial charge in [0.1, 0.15) is 0 Å². The highest BCUT2D eigenvalue weighted by Gasteiger charge is 2.37. The number of carbonyl (C=O) groups excluding carboxylic acids is 1. The topological polar surface area (TPSA) is 87.7 Å². The molecule has 0 aromatic heterocycles. The fraction of sp³-hybridized carbons (Fsp3) is 0.867. The van der Waals surface area contributed by atoms with Crippen LogP contribution in [-0.2, 0) is 9.53 Å². The lowest BCUT2D eigenvalue weighted by Gasteiger charge is -2.28. The van der Waals surface area contributed by atoms with Crippen LogP contribution in [0.25, 0.3) is 0 Å². The molecule has 1 aliphatic carbocycles. The van der Waals surface area contributed by atoms with Crippen LogP contribution in [0.4, 0.5) is 4.79 Å². The summed E-state index contributed by atoms with van der Waals surface area (Å²) in [4.78, 5) is 22.8. The molecule has 6 heteroatoms. The van der Waals surface area contributed by atoms with Gasteiger partial charge < -0.3 is 20.5 Å². The van der Waals surface area contributed by atoms with Crippen molar-refractivity contribution in [1.29, 1.82) is 0 Å². The predicted octanol–water partition coefficient (Wildman–Crippen LogP) is 2.28. The van der Waals surface area contributed by atoms with Crippen molar-refractivity contribution in [2.45, 2.75) is 63.8 Å². The highest BCUT2D eigenvalue weighted by molar-refractivity contribution is 5.76. The second kappa shape index (κ2) is 9.60. The van der Waals surface area contributed by atoms with Crippen LogP contribution in [0, 0.1) is 0 Å². The van der Waals surface area contributed by atoms with Crippen molar-refractivity contribution in [3.63, 3.8) is 0 Å². The number of hydrogen-bond acceptors (Lipinski definition) is 3. The van der Waals surface area contributed by atoms with Gasteiger partial charge in [0.05, 0.1) is 12.0 Å². The first-order valence-corrected chi connectivity index (χ1v) is 7.93. The normalized spacial score (nSPS) is 16.6. The van der Waals surface area contributed by atoms with Crippen molar-refractivity contribution < 1.29 is 19.4 Å². The number of nitrogens with one attached hydrogen (secondary N) is 2. The average molecular weight is 300 g/mol. The maximum Gasteiger partial charge on any atom is 0.315 e. The van der Waals surface area contributed by atoms with E-state index in [-0.39, 0.29) is 12.5 Å². The van der Waals surface area contributed by atoms with E-state index in [9.17, 15) is 9.59 Å². The zero-order chi connectivity index (χ0) is 15.6. The number of rotatable bonds is 10. The molecule has 0 bridgehead atoms. The number of carboxylic acids is 1. The molecule has 0 aliphatic heterocycles. The van der Waals surface area contributed by atoms with Gasteiger partial charge in [0.2, 0.25) is 0 Å². The Bertz CT molecular complexity index is 328. The molecule has 1 saturated carbocycles. The summed E-state index contributed by atoms with van der Waals surface area (Å²) >= 11 is 0. The van der Waals surface area contributed by atoms with Crippen LogP contribution in [0.3, 0.4) is 0 Å². The van der Waals surface area contributed by atoms with Crippen molar-refractivity contribution in [2.24, 2.45) is 0 Å². The van der Waals surface area contributed by atoms with E-state index in [1.165, 1.54) is 0 Å². The maximum absolute atomic E-state index is 11.9. The lowest BCUT2D eigenvalue weighted by Crippen LogP contribution is -2.51. The summed E-state index contributed by atoms with van der Waals surface area (Å²) in [7, 11) is 0. The van der Waals surface area contributed by atoms with Gasteiger partial charge in [-0.3, -0.25) is 4.79 Å². The van der Waals surface area contributed by atoms with Crippen molar-refractivity contribution in [2.75, 3.05) is 19.8 Å². The van der Waals surface area contributed by atoms with Gasteiger partial charge in [0.15, 0.2) is 0 Å². The van der Waals surface area contributed by atoms with Crippen LogP contribution in [0.1, 0.15) is 58.3 Å². The van der Waals surface area contributed by atoms with Crippen LogP contribution in [0.2, 0.25) is 0 Å². The van der Waals surface area contributed by atoms with E-state index in [2.05, 4.69) is 17.6 Å². The maximum atomic E-state index is 11.9. The Labute approximate surface area is 126 Å². The Balaban J connectivity index is 2.18. The number of aliphatic carboxylic acids is 1. The summed E-state index contributed by atoms with van der Waals surface area (Å²) < 4.78 is 5.41. The fourth-order valence-corrected chi connectivity index (χ4v) is 2.70. The van der Waals surface area contributed by atoms with Crippen molar-refractivity contribution in [3.05, 3.63) is 0 Å². The molecule has 0 aromatic carbocycles. The first-order valence-electron chi connectivity index (χ1n) is 7.93. The minimum atomic E-state index is -0.860. The number of carboxylic acid groups (broad SMARTS) is 1.